The Morgan fingerprint density at radius 2 is 1.89 bits per heavy atom. The van der Waals surface area contributed by atoms with E-state index in [9.17, 15) is 4.79 Å². The van der Waals surface area contributed by atoms with Crippen LogP contribution in [0.5, 0.6) is 5.75 Å². The molecule has 0 saturated heterocycles. The maximum absolute atomic E-state index is 10.7. The molecule has 0 aliphatic heterocycles. The van der Waals surface area contributed by atoms with E-state index in [4.69, 9.17) is 13.9 Å². The lowest BCUT2D eigenvalue weighted by atomic mass is 10.2. The van der Waals surface area contributed by atoms with E-state index in [0.29, 0.717) is 5.76 Å². The third-order valence-electron chi connectivity index (χ3n) is 2.45. The van der Waals surface area contributed by atoms with Gasteiger partial charge in [0.2, 0.25) is 0 Å². The van der Waals surface area contributed by atoms with Crippen molar-refractivity contribution in [3.8, 4) is 17.1 Å². The summed E-state index contributed by atoms with van der Waals surface area (Å²) in [6.45, 7) is 1.53. The normalized spacial score (nSPS) is 10.1. The van der Waals surface area contributed by atoms with Crippen LogP contribution in [0.25, 0.3) is 11.3 Å². The van der Waals surface area contributed by atoms with Crippen LogP contribution in [-0.4, -0.2) is 13.1 Å². The molecule has 2 aromatic rings. The summed E-state index contributed by atoms with van der Waals surface area (Å²) in [5.41, 5.74) is 0.949. The summed E-state index contributed by atoms with van der Waals surface area (Å²) in [6.07, 6.45) is 0. The maximum atomic E-state index is 10.7. The zero-order valence-electron chi connectivity index (χ0n) is 10.3. The SMILES string of the molecule is COc1ccc(-c2ccc(COC(C)=O)o2)cc1. The first-order chi connectivity index (χ1) is 8.69. The van der Waals surface area contributed by atoms with Crippen LogP contribution in [0.3, 0.4) is 0 Å². The fourth-order valence-corrected chi connectivity index (χ4v) is 1.54. The largest absolute Gasteiger partial charge is 0.497 e. The molecule has 0 aliphatic rings. The van der Waals surface area contributed by atoms with E-state index >= 15 is 0 Å². The Morgan fingerprint density at radius 3 is 2.50 bits per heavy atom. The molecule has 0 N–H and O–H groups in total. The summed E-state index contributed by atoms with van der Waals surface area (Å²) in [6, 6.07) is 11.2. The molecular weight excluding hydrogens is 232 g/mol. The molecule has 0 amide bonds. The predicted molar refractivity (Wildman–Crippen MR) is 66.2 cm³/mol. The lowest BCUT2D eigenvalue weighted by Gasteiger charge is -2.01. The van der Waals surface area contributed by atoms with Gasteiger partial charge in [0.25, 0.3) is 0 Å². The number of furan rings is 1. The Morgan fingerprint density at radius 1 is 1.17 bits per heavy atom. The second kappa shape index (κ2) is 5.40. The Labute approximate surface area is 105 Å². The monoisotopic (exact) mass is 246 g/mol. The van der Waals surface area contributed by atoms with E-state index in [2.05, 4.69) is 0 Å². The van der Waals surface area contributed by atoms with Crippen LogP contribution in [-0.2, 0) is 16.1 Å². The highest BCUT2D eigenvalue weighted by molar-refractivity contribution is 5.66. The minimum atomic E-state index is -0.322. The van der Waals surface area contributed by atoms with Crippen molar-refractivity contribution in [3.63, 3.8) is 0 Å². The first-order valence-corrected chi connectivity index (χ1v) is 5.55. The lowest BCUT2D eigenvalue weighted by molar-refractivity contribution is -0.142. The number of benzene rings is 1. The van der Waals surface area contributed by atoms with Crippen LogP contribution in [0.1, 0.15) is 12.7 Å². The van der Waals surface area contributed by atoms with Crippen molar-refractivity contribution in [2.75, 3.05) is 7.11 Å². The fourth-order valence-electron chi connectivity index (χ4n) is 1.54. The van der Waals surface area contributed by atoms with Crippen molar-refractivity contribution in [1.82, 2.24) is 0 Å². The van der Waals surface area contributed by atoms with Crippen LogP contribution in [0, 0.1) is 0 Å². The van der Waals surface area contributed by atoms with Gasteiger partial charge in [0.15, 0.2) is 0 Å². The van der Waals surface area contributed by atoms with Crippen molar-refractivity contribution in [2.45, 2.75) is 13.5 Å². The predicted octanol–water partition coefficient (Wildman–Crippen LogP) is 3.02. The summed E-state index contributed by atoms with van der Waals surface area (Å²) in [5.74, 6) is 1.83. The average molecular weight is 246 g/mol. The van der Waals surface area contributed by atoms with Gasteiger partial charge in [-0.05, 0) is 36.4 Å². The van der Waals surface area contributed by atoms with Crippen LogP contribution in [0.15, 0.2) is 40.8 Å². The molecule has 0 unspecified atom stereocenters. The van der Waals surface area contributed by atoms with E-state index in [0.717, 1.165) is 17.1 Å². The molecule has 1 heterocycles. The van der Waals surface area contributed by atoms with Crippen molar-refractivity contribution in [3.05, 3.63) is 42.2 Å². The molecular formula is C14H14O4. The summed E-state index contributed by atoms with van der Waals surface area (Å²) in [7, 11) is 1.62. The lowest BCUT2D eigenvalue weighted by Crippen LogP contribution is -1.97. The topological polar surface area (TPSA) is 48.7 Å². The summed E-state index contributed by atoms with van der Waals surface area (Å²) in [4.78, 5) is 10.7. The number of carbonyl (C=O) groups is 1. The van der Waals surface area contributed by atoms with Crippen LogP contribution in [0.4, 0.5) is 0 Å². The Bertz CT molecular complexity index is 525. The molecule has 0 radical (unpaired) electrons. The molecule has 0 aliphatic carbocycles. The van der Waals surface area contributed by atoms with Crippen LogP contribution < -0.4 is 4.74 Å². The molecule has 1 aromatic carbocycles. The molecule has 0 atom stereocenters. The minimum Gasteiger partial charge on any atom is -0.497 e. The number of esters is 1. The minimum absolute atomic E-state index is 0.158. The highest BCUT2D eigenvalue weighted by Gasteiger charge is 2.06. The zero-order chi connectivity index (χ0) is 13.0. The number of methoxy groups -OCH3 is 1. The molecule has 18 heavy (non-hydrogen) atoms. The third kappa shape index (κ3) is 2.91. The first kappa shape index (κ1) is 12.2. The quantitative estimate of drug-likeness (QED) is 0.778. The Kier molecular flexibility index (Phi) is 3.67. The highest BCUT2D eigenvalue weighted by Crippen LogP contribution is 2.24. The first-order valence-electron chi connectivity index (χ1n) is 5.55. The summed E-state index contributed by atoms with van der Waals surface area (Å²) >= 11 is 0. The van der Waals surface area contributed by atoms with Gasteiger partial charge in [-0.3, -0.25) is 4.79 Å². The second-order valence-electron chi connectivity index (χ2n) is 3.77. The van der Waals surface area contributed by atoms with Gasteiger partial charge >= 0.3 is 5.97 Å². The van der Waals surface area contributed by atoms with Gasteiger partial charge in [-0.15, -0.1) is 0 Å². The molecule has 1 aromatic heterocycles. The molecule has 94 valence electrons. The van der Waals surface area contributed by atoms with E-state index in [-0.39, 0.29) is 12.6 Å². The average Bonchev–Trinajstić information content (AvgIpc) is 2.85. The molecule has 0 bridgehead atoms. The molecule has 2 rings (SSSR count). The number of hydrogen-bond donors (Lipinski definition) is 0. The van der Waals surface area contributed by atoms with E-state index in [1.807, 2.05) is 30.3 Å². The van der Waals surface area contributed by atoms with Gasteiger partial charge < -0.3 is 13.9 Å². The van der Waals surface area contributed by atoms with Crippen LogP contribution in [0.2, 0.25) is 0 Å². The molecule has 0 saturated carbocycles. The zero-order valence-corrected chi connectivity index (χ0v) is 10.3. The molecule has 4 nitrogen and oxygen atoms in total. The highest BCUT2D eigenvalue weighted by atomic mass is 16.5. The van der Waals surface area contributed by atoms with Crippen molar-refractivity contribution in [1.29, 1.82) is 0 Å². The molecule has 4 heteroatoms. The third-order valence-corrected chi connectivity index (χ3v) is 2.45. The maximum Gasteiger partial charge on any atom is 0.303 e. The second-order valence-corrected chi connectivity index (χ2v) is 3.77. The van der Waals surface area contributed by atoms with Gasteiger partial charge in [0.1, 0.15) is 23.9 Å². The van der Waals surface area contributed by atoms with Crippen molar-refractivity contribution in [2.24, 2.45) is 0 Å². The van der Waals surface area contributed by atoms with Gasteiger partial charge in [-0.25, -0.2) is 0 Å². The Balaban J connectivity index is 2.10. The molecule has 0 fully saturated rings. The summed E-state index contributed by atoms with van der Waals surface area (Å²) in [5, 5.41) is 0. The van der Waals surface area contributed by atoms with Crippen molar-refractivity contribution < 1.29 is 18.7 Å². The number of ether oxygens (including phenoxy) is 2. The molecule has 0 spiro atoms. The van der Waals surface area contributed by atoms with Gasteiger partial charge in [0.05, 0.1) is 7.11 Å². The number of hydrogen-bond acceptors (Lipinski definition) is 4. The number of rotatable bonds is 4. The number of carbonyl (C=O) groups excluding carboxylic acids is 1. The van der Waals surface area contributed by atoms with E-state index < -0.39 is 0 Å². The summed E-state index contributed by atoms with van der Waals surface area (Å²) < 4.78 is 15.5. The van der Waals surface area contributed by atoms with Crippen molar-refractivity contribution >= 4 is 5.97 Å². The van der Waals surface area contributed by atoms with Gasteiger partial charge in [-0.2, -0.15) is 0 Å². The van der Waals surface area contributed by atoms with E-state index in [1.165, 1.54) is 6.92 Å². The fraction of sp³-hybridized carbons (Fsp3) is 0.214. The van der Waals surface area contributed by atoms with Gasteiger partial charge in [0, 0.05) is 12.5 Å². The standard InChI is InChI=1S/C14H14O4/c1-10(15)17-9-13-7-8-14(18-13)11-3-5-12(16-2)6-4-11/h3-8H,9H2,1-2H3. The van der Waals surface area contributed by atoms with Gasteiger partial charge in [-0.1, -0.05) is 0 Å². The van der Waals surface area contributed by atoms with E-state index in [1.54, 1.807) is 13.2 Å². The smallest absolute Gasteiger partial charge is 0.303 e. The van der Waals surface area contributed by atoms with Crippen LogP contribution >= 0.6 is 0 Å². The Hall–Kier alpha value is -2.23.